The molecule has 1 saturated heterocycles. The van der Waals surface area contributed by atoms with Gasteiger partial charge in [0.15, 0.2) is 0 Å². The van der Waals surface area contributed by atoms with Crippen molar-refractivity contribution in [2.45, 2.75) is 62.2 Å². The molecule has 1 heterocycles. The Morgan fingerprint density at radius 1 is 1.28 bits per heavy atom. The van der Waals surface area contributed by atoms with Gasteiger partial charge < -0.3 is 10.6 Å². The zero-order chi connectivity index (χ0) is 12.8. The van der Waals surface area contributed by atoms with Crippen LogP contribution in [0.4, 0.5) is 0 Å². The number of carbonyl (C=O) groups is 1. The Hall–Kier alpha value is -0.220. The minimum Gasteiger partial charge on any atom is -0.355 e. The molecule has 0 radical (unpaired) electrons. The van der Waals surface area contributed by atoms with Gasteiger partial charge in [0.25, 0.3) is 0 Å². The van der Waals surface area contributed by atoms with Crippen LogP contribution in [0.25, 0.3) is 0 Å². The zero-order valence-corrected chi connectivity index (χ0v) is 12.3. The predicted octanol–water partition coefficient (Wildman–Crippen LogP) is 2.31. The van der Waals surface area contributed by atoms with Gasteiger partial charge in [-0.05, 0) is 38.5 Å². The van der Waals surface area contributed by atoms with Crippen LogP contribution in [-0.4, -0.2) is 36.0 Å². The van der Waals surface area contributed by atoms with Crippen LogP contribution in [0.3, 0.4) is 0 Å². The smallest absolute Gasteiger partial charge is 0.221 e. The van der Waals surface area contributed by atoms with Crippen molar-refractivity contribution in [3.63, 3.8) is 0 Å². The van der Waals surface area contributed by atoms with Gasteiger partial charge in [-0.2, -0.15) is 11.8 Å². The van der Waals surface area contributed by atoms with Crippen molar-refractivity contribution in [3.05, 3.63) is 0 Å². The highest BCUT2D eigenvalue weighted by molar-refractivity contribution is 8.00. The first kappa shape index (κ1) is 14.2. The molecule has 1 atom stereocenters. The zero-order valence-electron chi connectivity index (χ0n) is 11.5. The van der Waals surface area contributed by atoms with E-state index in [9.17, 15) is 4.79 Å². The van der Waals surface area contributed by atoms with Crippen LogP contribution in [0, 0.1) is 0 Å². The van der Waals surface area contributed by atoms with Gasteiger partial charge in [-0.15, -0.1) is 0 Å². The summed E-state index contributed by atoms with van der Waals surface area (Å²) >= 11 is 2.00. The summed E-state index contributed by atoms with van der Waals surface area (Å²) in [6, 6.07) is 0. The highest BCUT2D eigenvalue weighted by atomic mass is 32.2. The van der Waals surface area contributed by atoms with Gasteiger partial charge in [-0.3, -0.25) is 4.79 Å². The molecule has 2 rings (SSSR count). The van der Waals surface area contributed by atoms with Crippen molar-refractivity contribution in [3.8, 4) is 0 Å². The molecule has 1 amide bonds. The van der Waals surface area contributed by atoms with Crippen LogP contribution in [0.1, 0.15) is 51.4 Å². The summed E-state index contributed by atoms with van der Waals surface area (Å²) in [5.41, 5.74) is 0.0746. The van der Waals surface area contributed by atoms with E-state index in [1.165, 1.54) is 37.9 Å². The maximum Gasteiger partial charge on any atom is 0.221 e. The van der Waals surface area contributed by atoms with Crippen LogP contribution >= 0.6 is 11.8 Å². The summed E-state index contributed by atoms with van der Waals surface area (Å²) in [6.45, 7) is 0.864. The lowest BCUT2D eigenvalue weighted by Crippen LogP contribution is -2.48. The van der Waals surface area contributed by atoms with Crippen LogP contribution < -0.4 is 10.6 Å². The van der Waals surface area contributed by atoms with Crippen molar-refractivity contribution < 1.29 is 4.79 Å². The summed E-state index contributed by atoms with van der Waals surface area (Å²) in [6.07, 6.45) is 9.36. The van der Waals surface area contributed by atoms with E-state index in [0.717, 1.165) is 19.4 Å². The Bertz CT molecular complexity index is 271. The molecule has 2 fully saturated rings. The lowest BCUT2D eigenvalue weighted by molar-refractivity contribution is -0.122. The lowest BCUT2D eigenvalue weighted by atomic mass is 9.79. The molecule has 1 saturated carbocycles. The Morgan fingerprint density at radius 3 is 2.67 bits per heavy atom. The minimum atomic E-state index is 0.0746. The second-order valence-electron chi connectivity index (χ2n) is 5.71. The number of hydrogen-bond acceptors (Lipinski definition) is 3. The molecule has 0 bridgehead atoms. The molecular weight excluding hydrogens is 244 g/mol. The van der Waals surface area contributed by atoms with Crippen molar-refractivity contribution in [2.24, 2.45) is 0 Å². The summed E-state index contributed by atoms with van der Waals surface area (Å²) in [5, 5.41) is 7.20. The Labute approximate surface area is 115 Å². The fourth-order valence-electron chi connectivity index (χ4n) is 3.15. The first-order valence-corrected chi connectivity index (χ1v) is 8.36. The fourth-order valence-corrected chi connectivity index (χ4v) is 4.35. The first-order chi connectivity index (χ1) is 8.74. The highest BCUT2D eigenvalue weighted by Gasteiger charge is 2.32. The molecule has 104 valence electrons. The fraction of sp³-hybridized carbons (Fsp3) is 0.929. The second-order valence-corrected chi connectivity index (χ2v) is 7.12. The molecule has 18 heavy (non-hydrogen) atoms. The molecule has 3 nitrogen and oxygen atoms in total. The topological polar surface area (TPSA) is 41.1 Å². The van der Waals surface area contributed by atoms with Gasteiger partial charge in [0, 0.05) is 23.8 Å². The molecule has 2 N–H and O–H groups in total. The summed E-state index contributed by atoms with van der Waals surface area (Å²) in [7, 11) is 2.01. The van der Waals surface area contributed by atoms with E-state index in [1.807, 2.05) is 18.8 Å². The molecule has 1 aliphatic carbocycles. The van der Waals surface area contributed by atoms with E-state index in [0.29, 0.717) is 11.7 Å². The van der Waals surface area contributed by atoms with Gasteiger partial charge >= 0.3 is 0 Å². The van der Waals surface area contributed by atoms with Crippen LogP contribution in [0.5, 0.6) is 0 Å². The number of rotatable bonds is 5. The van der Waals surface area contributed by atoms with E-state index in [1.54, 1.807) is 0 Å². The number of carbonyl (C=O) groups excluding carboxylic acids is 1. The molecule has 1 unspecified atom stereocenters. The number of nitrogens with one attached hydrogen (secondary N) is 2. The molecule has 0 aromatic carbocycles. The average molecular weight is 270 g/mol. The monoisotopic (exact) mass is 270 g/mol. The molecular formula is C14H26N2OS. The quantitative estimate of drug-likeness (QED) is 0.805. The number of hydrogen-bond donors (Lipinski definition) is 2. The lowest BCUT2D eigenvalue weighted by Gasteiger charge is -2.36. The molecule has 0 aromatic heterocycles. The van der Waals surface area contributed by atoms with Gasteiger partial charge in [-0.1, -0.05) is 19.3 Å². The molecule has 0 aromatic rings. The average Bonchev–Trinajstić information content (AvgIpc) is 2.91. The van der Waals surface area contributed by atoms with E-state index in [4.69, 9.17) is 0 Å². The van der Waals surface area contributed by atoms with Gasteiger partial charge in [0.1, 0.15) is 0 Å². The SMILES string of the molecule is CNC1(CC(=O)NCC2CCCS2)CCCCC1. The Balaban J connectivity index is 1.74. The maximum atomic E-state index is 12.1. The van der Waals surface area contributed by atoms with Gasteiger partial charge in [0.05, 0.1) is 0 Å². The predicted molar refractivity (Wildman–Crippen MR) is 78.0 cm³/mol. The number of amides is 1. The molecule has 4 heteroatoms. The normalized spacial score (nSPS) is 27.1. The summed E-state index contributed by atoms with van der Waals surface area (Å²) in [5.74, 6) is 1.50. The Kier molecular flexibility index (Phi) is 5.37. The summed E-state index contributed by atoms with van der Waals surface area (Å²) < 4.78 is 0. The van der Waals surface area contributed by atoms with Crippen molar-refractivity contribution in [1.29, 1.82) is 0 Å². The van der Waals surface area contributed by atoms with Crippen LogP contribution in [0.15, 0.2) is 0 Å². The van der Waals surface area contributed by atoms with Crippen molar-refractivity contribution >= 4 is 17.7 Å². The molecule has 0 spiro atoms. The minimum absolute atomic E-state index is 0.0746. The third-order valence-corrected chi connectivity index (χ3v) is 5.79. The van der Waals surface area contributed by atoms with Crippen LogP contribution in [0.2, 0.25) is 0 Å². The summed E-state index contributed by atoms with van der Waals surface area (Å²) in [4.78, 5) is 12.1. The second kappa shape index (κ2) is 6.80. The molecule has 1 aliphatic heterocycles. The maximum absolute atomic E-state index is 12.1. The van der Waals surface area contributed by atoms with Gasteiger partial charge in [0.2, 0.25) is 5.91 Å². The third kappa shape index (κ3) is 3.89. The largest absolute Gasteiger partial charge is 0.355 e. The standard InChI is InChI=1S/C14H26N2OS/c1-15-14(7-3-2-4-8-14)10-13(17)16-11-12-6-5-9-18-12/h12,15H,2-11H2,1H3,(H,16,17). The van der Waals surface area contributed by atoms with Crippen LogP contribution in [-0.2, 0) is 4.79 Å². The van der Waals surface area contributed by atoms with E-state index >= 15 is 0 Å². The third-order valence-electron chi connectivity index (χ3n) is 4.39. The Morgan fingerprint density at radius 2 is 2.06 bits per heavy atom. The molecule has 2 aliphatic rings. The first-order valence-electron chi connectivity index (χ1n) is 7.31. The highest BCUT2D eigenvalue weighted by Crippen LogP contribution is 2.31. The van der Waals surface area contributed by atoms with E-state index in [2.05, 4.69) is 10.6 Å². The van der Waals surface area contributed by atoms with Crippen molar-refractivity contribution in [1.82, 2.24) is 10.6 Å². The number of thioether (sulfide) groups is 1. The van der Waals surface area contributed by atoms with Crippen molar-refractivity contribution in [2.75, 3.05) is 19.3 Å². The van der Waals surface area contributed by atoms with E-state index in [-0.39, 0.29) is 11.4 Å². The van der Waals surface area contributed by atoms with Gasteiger partial charge in [-0.25, -0.2) is 0 Å². The van der Waals surface area contributed by atoms with E-state index < -0.39 is 0 Å².